The van der Waals surface area contributed by atoms with Crippen LogP contribution in [0.5, 0.6) is 11.5 Å². The smallest absolute Gasteiger partial charge is 0.249 e. The molecule has 0 aromatic heterocycles. The second-order valence-corrected chi connectivity index (χ2v) is 4.63. The third-order valence-corrected chi connectivity index (χ3v) is 2.75. The fraction of sp³-hybridized carbons (Fsp3) is 0.571. The number of hydrogen-bond donors (Lipinski definition) is 5. The Morgan fingerprint density at radius 2 is 1.82 bits per heavy atom. The van der Waals surface area contributed by atoms with Crippen LogP contribution in [-0.4, -0.2) is 65.0 Å². The van der Waals surface area contributed by atoms with Crippen LogP contribution < -0.4 is 10.5 Å². The Kier molecular flexibility index (Phi) is 8.10. The quantitative estimate of drug-likeness (QED) is 0.352. The van der Waals surface area contributed by atoms with E-state index in [1.165, 1.54) is 31.2 Å². The van der Waals surface area contributed by atoms with Gasteiger partial charge in [-0.25, -0.2) is 0 Å². The number of aromatic hydroxyl groups is 1. The van der Waals surface area contributed by atoms with Crippen LogP contribution >= 0.6 is 0 Å². The molecule has 1 rings (SSSR count). The summed E-state index contributed by atoms with van der Waals surface area (Å²) >= 11 is 0. The second-order valence-electron chi connectivity index (χ2n) is 4.63. The molecule has 1 aromatic rings. The molecule has 22 heavy (non-hydrogen) atoms. The fourth-order valence-electron chi connectivity index (χ4n) is 1.57. The minimum atomic E-state index is -1.51. The molecule has 0 saturated heterocycles. The Hall–Kier alpha value is -1.42. The molecular formula is C14H23NO7. The van der Waals surface area contributed by atoms with Crippen LogP contribution in [-0.2, 0) is 9.47 Å². The molecule has 0 aliphatic carbocycles. The predicted octanol–water partition coefficient (Wildman–Crippen LogP) is -0.851. The SMILES string of the molecule is CC(O)C(CO)OC(OCCN)[C@@H](O)Oc1ccc(O)cc1. The lowest BCUT2D eigenvalue weighted by molar-refractivity contribution is -0.272. The van der Waals surface area contributed by atoms with Crippen molar-refractivity contribution in [1.82, 2.24) is 0 Å². The van der Waals surface area contributed by atoms with E-state index in [1.54, 1.807) is 0 Å². The van der Waals surface area contributed by atoms with Crippen LogP contribution in [0.1, 0.15) is 6.92 Å². The Labute approximate surface area is 128 Å². The Balaban J connectivity index is 2.69. The van der Waals surface area contributed by atoms with Gasteiger partial charge < -0.3 is 40.4 Å². The minimum absolute atomic E-state index is 0.0588. The predicted molar refractivity (Wildman–Crippen MR) is 77.2 cm³/mol. The van der Waals surface area contributed by atoms with Crippen molar-refractivity contribution in [3.63, 3.8) is 0 Å². The van der Waals surface area contributed by atoms with E-state index in [0.29, 0.717) is 0 Å². The van der Waals surface area contributed by atoms with Crippen molar-refractivity contribution in [2.24, 2.45) is 5.73 Å². The van der Waals surface area contributed by atoms with Crippen molar-refractivity contribution >= 4 is 0 Å². The van der Waals surface area contributed by atoms with E-state index in [4.69, 9.17) is 25.1 Å². The first-order chi connectivity index (χ1) is 10.5. The summed E-state index contributed by atoms with van der Waals surface area (Å²) in [6.45, 7) is 1.28. The van der Waals surface area contributed by atoms with E-state index in [-0.39, 0.29) is 24.7 Å². The van der Waals surface area contributed by atoms with Crippen LogP contribution in [0.4, 0.5) is 0 Å². The summed E-state index contributed by atoms with van der Waals surface area (Å²) in [5, 5.41) is 37.9. The van der Waals surface area contributed by atoms with E-state index < -0.39 is 31.4 Å². The van der Waals surface area contributed by atoms with Gasteiger partial charge in [-0.2, -0.15) is 0 Å². The fourth-order valence-corrected chi connectivity index (χ4v) is 1.57. The number of phenolic OH excluding ortho intramolecular Hbond substituents is 1. The number of phenols is 1. The zero-order valence-electron chi connectivity index (χ0n) is 12.3. The van der Waals surface area contributed by atoms with Gasteiger partial charge in [-0.1, -0.05) is 0 Å². The first-order valence-electron chi connectivity index (χ1n) is 6.87. The molecule has 0 bridgehead atoms. The molecule has 0 aliphatic heterocycles. The van der Waals surface area contributed by atoms with Crippen LogP contribution in [0.3, 0.4) is 0 Å². The average molecular weight is 317 g/mol. The molecular weight excluding hydrogens is 294 g/mol. The average Bonchev–Trinajstić information content (AvgIpc) is 2.49. The third-order valence-electron chi connectivity index (χ3n) is 2.75. The Morgan fingerprint density at radius 3 is 2.32 bits per heavy atom. The molecule has 8 nitrogen and oxygen atoms in total. The van der Waals surface area contributed by atoms with Gasteiger partial charge in [0.25, 0.3) is 0 Å². The molecule has 0 heterocycles. The van der Waals surface area contributed by atoms with Gasteiger partial charge in [-0.15, -0.1) is 0 Å². The largest absolute Gasteiger partial charge is 0.508 e. The number of aliphatic hydroxyl groups is 3. The van der Waals surface area contributed by atoms with Crippen molar-refractivity contribution in [3.05, 3.63) is 24.3 Å². The van der Waals surface area contributed by atoms with Gasteiger partial charge in [0, 0.05) is 6.54 Å². The van der Waals surface area contributed by atoms with E-state index in [1.807, 2.05) is 0 Å². The molecule has 0 fully saturated rings. The van der Waals surface area contributed by atoms with Crippen molar-refractivity contribution in [1.29, 1.82) is 0 Å². The second kappa shape index (κ2) is 9.57. The molecule has 126 valence electrons. The monoisotopic (exact) mass is 317 g/mol. The van der Waals surface area contributed by atoms with Crippen LogP contribution in [0.15, 0.2) is 24.3 Å². The maximum atomic E-state index is 10.0. The zero-order chi connectivity index (χ0) is 16.5. The van der Waals surface area contributed by atoms with Gasteiger partial charge in [0.05, 0.1) is 19.3 Å². The van der Waals surface area contributed by atoms with Gasteiger partial charge in [0.2, 0.25) is 12.6 Å². The first-order valence-corrected chi connectivity index (χ1v) is 6.87. The number of rotatable bonds is 10. The molecule has 3 unspecified atom stereocenters. The molecule has 4 atom stereocenters. The lowest BCUT2D eigenvalue weighted by Gasteiger charge is -2.28. The minimum Gasteiger partial charge on any atom is -0.508 e. The maximum absolute atomic E-state index is 10.0. The van der Waals surface area contributed by atoms with E-state index in [2.05, 4.69) is 0 Å². The number of hydrogen-bond acceptors (Lipinski definition) is 8. The molecule has 0 spiro atoms. The van der Waals surface area contributed by atoms with Gasteiger partial charge in [-0.3, -0.25) is 0 Å². The van der Waals surface area contributed by atoms with Crippen LogP contribution in [0.25, 0.3) is 0 Å². The van der Waals surface area contributed by atoms with E-state index in [9.17, 15) is 15.3 Å². The van der Waals surface area contributed by atoms with Crippen molar-refractivity contribution in [2.45, 2.75) is 31.7 Å². The van der Waals surface area contributed by atoms with Gasteiger partial charge in [0.1, 0.15) is 17.6 Å². The summed E-state index contributed by atoms with van der Waals surface area (Å²) in [7, 11) is 0. The molecule has 0 radical (unpaired) electrons. The van der Waals surface area contributed by atoms with Crippen molar-refractivity contribution < 1.29 is 34.6 Å². The summed E-state index contributed by atoms with van der Waals surface area (Å²) in [5.74, 6) is 0.344. The number of aliphatic hydroxyl groups excluding tert-OH is 3. The molecule has 0 amide bonds. The normalized spacial score (nSPS) is 16.8. The van der Waals surface area contributed by atoms with Gasteiger partial charge >= 0.3 is 0 Å². The van der Waals surface area contributed by atoms with Crippen molar-refractivity contribution in [2.75, 3.05) is 19.8 Å². The standard InChI is InChI=1S/C14H23NO7/c1-9(17)12(8-16)22-14(20-7-6-15)13(19)21-11-4-2-10(18)3-5-11/h2-5,9,12-14,16-19H,6-8,15H2,1H3/t9?,12?,13-,14?/m0/s1. The lowest BCUT2D eigenvalue weighted by atomic mass is 10.2. The van der Waals surface area contributed by atoms with Gasteiger partial charge in [-0.05, 0) is 31.2 Å². The Morgan fingerprint density at radius 1 is 1.18 bits per heavy atom. The summed E-state index contributed by atoms with van der Waals surface area (Å²) in [4.78, 5) is 0. The molecule has 1 aromatic carbocycles. The molecule has 8 heteroatoms. The number of benzene rings is 1. The third kappa shape index (κ3) is 6.14. The van der Waals surface area contributed by atoms with Crippen LogP contribution in [0, 0.1) is 0 Å². The van der Waals surface area contributed by atoms with Gasteiger partial charge in [0.15, 0.2) is 0 Å². The topological polar surface area (TPSA) is 135 Å². The summed E-state index contributed by atoms with van der Waals surface area (Å²) in [5.41, 5.74) is 5.34. The van der Waals surface area contributed by atoms with E-state index >= 15 is 0 Å². The molecule has 6 N–H and O–H groups in total. The zero-order valence-corrected chi connectivity index (χ0v) is 12.3. The highest BCUT2D eigenvalue weighted by Crippen LogP contribution is 2.19. The highest BCUT2D eigenvalue weighted by molar-refractivity contribution is 5.30. The summed E-state index contributed by atoms with van der Waals surface area (Å²) in [6.07, 6.45) is -4.66. The highest BCUT2D eigenvalue weighted by Gasteiger charge is 2.28. The lowest BCUT2D eigenvalue weighted by Crippen LogP contribution is -2.43. The Bertz CT molecular complexity index is 412. The summed E-state index contributed by atoms with van der Waals surface area (Å²) < 4.78 is 15.8. The molecule has 0 aliphatic rings. The van der Waals surface area contributed by atoms with Crippen molar-refractivity contribution in [3.8, 4) is 11.5 Å². The maximum Gasteiger partial charge on any atom is 0.249 e. The van der Waals surface area contributed by atoms with E-state index in [0.717, 1.165) is 0 Å². The highest BCUT2D eigenvalue weighted by atomic mass is 16.7. The number of ether oxygens (including phenoxy) is 3. The summed E-state index contributed by atoms with van der Waals surface area (Å²) in [6, 6.07) is 5.70. The van der Waals surface area contributed by atoms with Crippen LogP contribution in [0.2, 0.25) is 0 Å². The number of nitrogens with two attached hydrogens (primary N) is 1. The first kappa shape index (κ1) is 18.6. The molecule has 0 saturated carbocycles.